The van der Waals surface area contributed by atoms with Crippen LogP contribution in [0.3, 0.4) is 0 Å². The van der Waals surface area contributed by atoms with Gasteiger partial charge >= 0.3 is 5.92 Å². The Morgan fingerprint density at radius 3 is 2.48 bits per heavy atom. The fraction of sp³-hybridized carbons (Fsp3) is 0.429. The molecule has 168 valence electrons. The molecule has 1 amide bonds. The van der Waals surface area contributed by atoms with Gasteiger partial charge in [-0.05, 0) is 30.9 Å². The number of amides is 1. The van der Waals surface area contributed by atoms with Crippen molar-refractivity contribution in [1.82, 2.24) is 4.98 Å². The molecule has 0 unspecified atom stereocenters. The number of thiazole rings is 1. The first-order valence-electron chi connectivity index (χ1n) is 9.78. The van der Waals surface area contributed by atoms with Gasteiger partial charge in [0.2, 0.25) is 5.91 Å². The van der Waals surface area contributed by atoms with Crippen LogP contribution in [0.4, 0.5) is 13.8 Å². The Hall–Kier alpha value is -2.33. The second-order valence-corrected chi connectivity index (χ2v) is 10.8. The molecule has 2 aromatic rings. The topological polar surface area (TPSA) is 85.4 Å². The second kappa shape index (κ2) is 9.04. The number of anilines is 1. The van der Waals surface area contributed by atoms with Gasteiger partial charge in [0.05, 0.1) is 5.92 Å². The summed E-state index contributed by atoms with van der Waals surface area (Å²) >= 11 is 0.655. The van der Waals surface area contributed by atoms with E-state index in [2.05, 4.69) is 10.3 Å². The van der Waals surface area contributed by atoms with E-state index in [0.29, 0.717) is 17.1 Å². The molecule has 10 heteroatoms. The van der Waals surface area contributed by atoms with E-state index >= 15 is 0 Å². The van der Waals surface area contributed by atoms with E-state index in [9.17, 15) is 22.0 Å². The molecular formula is C21H24F2N2O4S2. The number of sulfone groups is 1. The summed E-state index contributed by atoms with van der Waals surface area (Å²) in [5.74, 6) is -5.09. The van der Waals surface area contributed by atoms with Crippen molar-refractivity contribution in [2.24, 2.45) is 17.8 Å². The van der Waals surface area contributed by atoms with E-state index in [4.69, 9.17) is 4.74 Å². The number of alkyl halides is 2. The summed E-state index contributed by atoms with van der Waals surface area (Å²) in [5, 5.41) is 3.23. The van der Waals surface area contributed by atoms with E-state index in [0.717, 1.165) is 24.5 Å². The minimum Gasteiger partial charge on any atom is -0.436 e. The highest BCUT2D eigenvalue weighted by molar-refractivity contribution is 7.93. The summed E-state index contributed by atoms with van der Waals surface area (Å²) < 4.78 is 57.8. The van der Waals surface area contributed by atoms with Crippen molar-refractivity contribution >= 4 is 32.1 Å². The van der Waals surface area contributed by atoms with Crippen LogP contribution in [-0.4, -0.2) is 25.6 Å². The Balaban J connectivity index is 1.91. The van der Waals surface area contributed by atoms with Gasteiger partial charge in [0.15, 0.2) is 19.8 Å². The van der Waals surface area contributed by atoms with Crippen LogP contribution < -0.4 is 10.1 Å². The second-order valence-electron chi connectivity index (χ2n) is 7.86. The predicted octanol–water partition coefficient (Wildman–Crippen LogP) is 5.21. The summed E-state index contributed by atoms with van der Waals surface area (Å²) in [4.78, 5) is 16.9. The maximum absolute atomic E-state index is 14.6. The lowest BCUT2D eigenvalue weighted by atomic mass is 10.0. The number of ether oxygens (including phenoxy) is 1. The molecule has 1 aliphatic carbocycles. The number of nitrogens with zero attached hydrogens (tertiary/aromatic N) is 1. The third-order valence-electron chi connectivity index (χ3n) is 4.77. The van der Waals surface area contributed by atoms with Crippen LogP contribution in [-0.2, 0) is 20.6 Å². The average molecular weight is 471 g/mol. The van der Waals surface area contributed by atoms with Crippen LogP contribution in [0.1, 0.15) is 31.7 Å². The van der Waals surface area contributed by atoms with Gasteiger partial charge in [-0.1, -0.05) is 49.5 Å². The number of halogens is 2. The molecule has 0 radical (unpaired) electrons. The third-order valence-corrected chi connectivity index (χ3v) is 6.46. The zero-order chi connectivity index (χ0) is 22.8. The van der Waals surface area contributed by atoms with Crippen LogP contribution in [0.2, 0.25) is 0 Å². The number of carbonyl (C=O) groups is 1. The first kappa shape index (κ1) is 23.3. The molecule has 31 heavy (non-hydrogen) atoms. The Morgan fingerprint density at radius 1 is 1.29 bits per heavy atom. The monoisotopic (exact) mass is 470 g/mol. The van der Waals surface area contributed by atoms with E-state index in [-0.39, 0.29) is 16.8 Å². The van der Waals surface area contributed by atoms with Crippen LogP contribution in [0.25, 0.3) is 0 Å². The summed E-state index contributed by atoms with van der Waals surface area (Å²) in [6.07, 6.45) is 3.98. The molecule has 1 saturated carbocycles. The van der Waals surface area contributed by atoms with Crippen molar-refractivity contribution in [2.45, 2.75) is 32.6 Å². The highest BCUT2D eigenvalue weighted by Gasteiger charge is 2.41. The lowest BCUT2D eigenvalue weighted by Crippen LogP contribution is -2.23. The fourth-order valence-electron chi connectivity index (χ4n) is 2.78. The summed E-state index contributed by atoms with van der Waals surface area (Å²) in [6, 6.07) is 8.52. The quantitative estimate of drug-likeness (QED) is 0.544. The zero-order valence-electron chi connectivity index (χ0n) is 17.3. The Kier molecular flexibility index (Phi) is 6.80. The fourth-order valence-corrected chi connectivity index (χ4v) is 4.26. The van der Waals surface area contributed by atoms with Crippen molar-refractivity contribution in [2.75, 3.05) is 11.6 Å². The van der Waals surface area contributed by atoms with Gasteiger partial charge in [0.25, 0.3) is 5.88 Å². The van der Waals surface area contributed by atoms with Gasteiger partial charge in [0.1, 0.15) is 5.75 Å². The Bertz CT molecular complexity index is 1060. The molecule has 1 aromatic carbocycles. The SMILES string of the molecule is CC(C)C(F)(F)c1nc(Oc2ccccc2)c(NC(=O)[C@H](/C=C/S(C)(=O)=O)C2CC2)s1. The first-order chi connectivity index (χ1) is 14.5. The van der Waals surface area contributed by atoms with Gasteiger partial charge < -0.3 is 10.1 Å². The number of rotatable bonds is 9. The molecule has 1 aliphatic rings. The van der Waals surface area contributed by atoms with Crippen molar-refractivity contribution < 1.29 is 26.7 Å². The van der Waals surface area contributed by atoms with E-state index < -0.39 is 38.5 Å². The summed E-state index contributed by atoms with van der Waals surface area (Å²) in [5.41, 5.74) is 0. The van der Waals surface area contributed by atoms with Crippen molar-refractivity contribution in [3.63, 3.8) is 0 Å². The molecule has 3 rings (SSSR count). The maximum Gasteiger partial charge on any atom is 0.301 e. The smallest absolute Gasteiger partial charge is 0.301 e. The van der Waals surface area contributed by atoms with Crippen LogP contribution in [0, 0.1) is 17.8 Å². The molecule has 1 N–H and O–H groups in total. The van der Waals surface area contributed by atoms with Crippen LogP contribution in [0.15, 0.2) is 41.8 Å². The number of carbonyl (C=O) groups excluding carboxylic acids is 1. The largest absolute Gasteiger partial charge is 0.436 e. The molecular weight excluding hydrogens is 446 g/mol. The number of hydrogen-bond donors (Lipinski definition) is 1. The first-order valence-corrected chi connectivity index (χ1v) is 12.6. The Labute approximate surface area is 184 Å². The number of nitrogens with one attached hydrogen (secondary N) is 1. The number of aromatic nitrogens is 1. The summed E-state index contributed by atoms with van der Waals surface area (Å²) in [6.45, 7) is 2.77. The highest BCUT2D eigenvalue weighted by atomic mass is 32.2. The standard InChI is InChI=1S/C21H24F2N2O4S2/c1-13(2)21(22,23)20-25-18(29-15-7-5-4-6-8-15)19(30-20)24-17(26)16(14-9-10-14)11-12-31(3,27)28/h4-8,11-14,16H,9-10H2,1-3H3,(H,24,26)/b12-11+/t16-/m1/s1. The minimum atomic E-state index is -3.40. The molecule has 1 aromatic heterocycles. The van der Waals surface area contributed by atoms with Gasteiger partial charge in [-0.3, -0.25) is 4.79 Å². The molecule has 1 atom stereocenters. The molecule has 1 heterocycles. The van der Waals surface area contributed by atoms with E-state index in [1.165, 1.54) is 19.9 Å². The van der Waals surface area contributed by atoms with E-state index in [1.807, 2.05) is 0 Å². The number of benzene rings is 1. The molecule has 0 aliphatic heterocycles. The van der Waals surface area contributed by atoms with Gasteiger partial charge in [-0.15, -0.1) is 0 Å². The molecule has 0 saturated heterocycles. The maximum atomic E-state index is 14.6. The lowest BCUT2D eigenvalue weighted by Gasteiger charge is -2.16. The van der Waals surface area contributed by atoms with E-state index in [1.54, 1.807) is 30.3 Å². The van der Waals surface area contributed by atoms with Crippen LogP contribution >= 0.6 is 11.3 Å². The molecule has 0 spiro atoms. The normalized spacial score (nSPS) is 15.9. The molecule has 0 bridgehead atoms. The van der Waals surface area contributed by atoms with Crippen molar-refractivity contribution in [3.8, 4) is 11.6 Å². The van der Waals surface area contributed by atoms with Gasteiger partial charge in [-0.25, -0.2) is 8.42 Å². The number of hydrogen-bond acceptors (Lipinski definition) is 6. The van der Waals surface area contributed by atoms with Crippen molar-refractivity contribution in [3.05, 3.63) is 46.8 Å². The molecule has 6 nitrogen and oxygen atoms in total. The van der Waals surface area contributed by atoms with Gasteiger partial charge in [-0.2, -0.15) is 13.8 Å². The predicted molar refractivity (Wildman–Crippen MR) is 116 cm³/mol. The van der Waals surface area contributed by atoms with Gasteiger partial charge in [0, 0.05) is 17.6 Å². The lowest BCUT2D eigenvalue weighted by molar-refractivity contribution is -0.119. The highest BCUT2D eigenvalue weighted by Crippen LogP contribution is 2.45. The number of para-hydroxylation sites is 1. The summed E-state index contributed by atoms with van der Waals surface area (Å²) in [7, 11) is -3.40. The zero-order valence-corrected chi connectivity index (χ0v) is 19.0. The average Bonchev–Trinajstić information content (AvgIpc) is 3.43. The van der Waals surface area contributed by atoms with Crippen molar-refractivity contribution in [1.29, 1.82) is 0 Å². The molecule has 1 fully saturated rings. The third kappa shape index (κ3) is 6.10. The Morgan fingerprint density at radius 2 is 1.94 bits per heavy atom. The van der Waals surface area contributed by atoms with Crippen LogP contribution in [0.5, 0.6) is 11.6 Å². The minimum absolute atomic E-state index is 0.0148.